The number of hydrogen-bond donors (Lipinski definition) is 1. The maximum absolute atomic E-state index is 6.70. The van der Waals surface area contributed by atoms with Gasteiger partial charge in [-0.15, -0.1) is 0 Å². The van der Waals surface area contributed by atoms with E-state index in [1.54, 1.807) is 0 Å². The molecule has 5 rings (SSSR count). The van der Waals surface area contributed by atoms with Gasteiger partial charge in [0.15, 0.2) is 0 Å². The summed E-state index contributed by atoms with van der Waals surface area (Å²) in [5.74, 6) is 0.622. The van der Waals surface area contributed by atoms with E-state index >= 15 is 0 Å². The van der Waals surface area contributed by atoms with Gasteiger partial charge in [0, 0.05) is 61.1 Å². The summed E-state index contributed by atoms with van der Waals surface area (Å²) in [5.41, 5.74) is 8.21. The van der Waals surface area contributed by atoms with Crippen molar-refractivity contribution in [3.8, 4) is 0 Å². The zero-order valence-corrected chi connectivity index (χ0v) is 12.6. The van der Waals surface area contributed by atoms with Gasteiger partial charge >= 0.3 is 0 Å². The molecule has 4 heteroatoms. The smallest absolute Gasteiger partial charge is 0.0373 e. The first kappa shape index (κ1) is 12.3. The van der Waals surface area contributed by atoms with Crippen LogP contribution in [-0.2, 0) is 5.41 Å². The average molecular weight is 322 g/mol. The molecule has 0 aromatic heterocycles. The molecule has 4 aliphatic rings. The van der Waals surface area contributed by atoms with Gasteiger partial charge < -0.3 is 15.5 Å². The molecule has 0 saturated carbocycles. The van der Waals surface area contributed by atoms with Gasteiger partial charge in [0.1, 0.15) is 0 Å². The summed E-state index contributed by atoms with van der Waals surface area (Å²) in [6, 6.07) is 8.94. The summed E-state index contributed by atoms with van der Waals surface area (Å²) in [6.45, 7) is 7.01. The van der Waals surface area contributed by atoms with Crippen molar-refractivity contribution in [2.45, 2.75) is 11.5 Å². The van der Waals surface area contributed by atoms with Crippen molar-refractivity contribution in [3.63, 3.8) is 0 Å². The van der Waals surface area contributed by atoms with Gasteiger partial charge in [0.25, 0.3) is 0 Å². The number of nitrogens with zero attached hydrogens (tertiary/aromatic N) is 2. The van der Waals surface area contributed by atoms with Crippen molar-refractivity contribution >= 4 is 15.9 Å². The van der Waals surface area contributed by atoms with Crippen molar-refractivity contribution in [1.82, 2.24) is 9.80 Å². The number of halogens is 1. The van der Waals surface area contributed by atoms with Crippen LogP contribution in [0.3, 0.4) is 0 Å². The second-order valence-electron chi connectivity index (χ2n) is 6.39. The molecule has 4 saturated heterocycles. The Morgan fingerprint density at radius 3 is 2.37 bits per heavy atom. The third-order valence-corrected chi connectivity index (χ3v) is 5.98. The monoisotopic (exact) mass is 321 g/mol. The van der Waals surface area contributed by atoms with Gasteiger partial charge in [-0.2, -0.15) is 0 Å². The van der Waals surface area contributed by atoms with Crippen LogP contribution in [0.1, 0.15) is 5.56 Å². The molecule has 0 aliphatic carbocycles. The Balaban J connectivity index is 1.86. The molecule has 4 heterocycles. The highest BCUT2D eigenvalue weighted by Gasteiger charge is 2.54. The Hall–Kier alpha value is -0.420. The molecule has 0 radical (unpaired) electrons. The minimum Gasteiger partial charge on any atom is -0.326 e. The van der Waals surface area contributed by atoms with Gasteiger partial charge in [-0.05, 0) is 11.6 Å². The van der Waals surface area contributed by atoms with Crippen LogP contribution in [0, 0.1) is 5.92 Å². The Morgan fingerprint density at radius 1 is 1.11 bits per heavy atom. The van der Waals surface area contributed by atoms with Crippen LogP contribution in [0.4, 0.5) is 0 Å². The first-order chi connectivity index (χ1) is 9.19. The summed E-state index contributed by atoms with van der Waals surface area (Å²) in [4.78, 5) is 5.25. The lowest BCUT2D eigenvalue weighted by molar-refractivity contribution is 0.0350. The predicted molar refractivity (Wildman–Crippen MR) is 80.2 cm³/mol. The van der Waals surface area contributed by atoms with E-state index in [2.05, 4.69) is 50.0 Å². The second-order valence-corrected chi connectivity index (χ2v) is 7.25. The van der Waals surface area contributed by atoms with E-state index in [9.17, 15) is 0 Å². The molecule has 1 aromatic rings. The zero-order valence-electron chi connectivity index (χ0n) is 11.1. The number of benzene rings is 1. The number of rotatable bonds is 1. The van der Waals surface area contributed by atoms with E-state index in [1.165, 1.54) is 36.2 Å². The molecule has 0 spiro atoms. The summed E-state index contributed by atoms with van der Waals surface area (Å²) in [5, 5.41) is 0. The van der Waals surface area contributed by atoms with Crippen molar-refractivity contribution in [1.29, 1.82) is 0 Å². The first-order valence-corrected chi connectivity index (χ1v) is 7.94. The lowest BCUT2D eigenvalue weighted by Crippen LogP contribution is -2.69. The Morgan fingerprint density at radius 2 is 1.74 bits per heavy atom. The summed E-state index contributed by atoms with van der Waals surface area (Å²) in [6.07, 6.45) is 0. The van der Waals surface area contributed by atoms with Gasteiger partial charge in [0.2, 0.25) is 0 Å². The summed E-state index contributed by atoms with van der Waals surface area (Å²) >= 11 is 3.75. The maximum atomic E-state index is 6.70. The molecule has 19 heavy (non-hydrogen) atoms. The molecule has 4 aliphatic heterocycles. The molecular weight excluding hydrogens is 302 g/mol. The Kier molecular flexibility index (Phi) is 2.78. The molecule has 3 atom stereocenters. The highest BCUT2D eigenvalue weighted by Crippen LogP contribution is 2.44. The van der Waals surface area contributed by atoms with Crippen molar-refractivity contribution in [3.05, 3.63) is 34.3 Å². The van der Waals surface area contributed by atoms with E-state index in [0.29, 0.717) is 5.92 Å². The zero-order chi connectivity index (χ0) is 13.0. The quantitative estimate of drug-likeness (QED) is 0.845. The standard InChI is InChI=1S/C15H20BrN3/c16-13-4-2-1-3-12(13)15-9-18-5-6-19(10-15)8-11(7-18)14(15)17/h1-4,11,14H,5-10,17H2. The van der Waals surface area contributed by atoms with Crippen LogP contribution in [-0.4, -0.2) is 55.1 Å². The van der Waals surface area contributed by atoms with Crippen LogP contribution in [0.5, 0.6) is 0 Å². The van der Waals surface area contributed by atoms with E-state index in [4.69, 9.17) is 5.73 Å². The molecule has 2 N–H and O–H groups in total. The lowest BCUT2D eigenvalue weighted by Gasteiger charge is -2.54. The van der Waals surface area contributed by atoms with Crippen LogP contribution < -0.4 is 5.73 Å². The van der Waals surface area contributed by atoms with Gasteiger partial charge in [-0.3, -0.25) is 0 Å². The predicted octanol–water partition coefficient (Wildman–Crippen LogP) is 1.28. The van der Waals surface area contributed by atoms with Crippen LogP contribution >= 0.6 is 15.9 Å². The van der Waals surface area contributed by atoms with Gasteiger partial charge in [-0.1, -0.05) is 34.1 Å². The fourth-order valence-electron chi connectivity index (χ4n) is 4.43. The number of hydrogen-bond acceptors (Lipinski definition) is 3. The Bertz CT molecular complexity index is 488. The maximum Gasteiger partial charge on any atom is 0.0373 e. The molecule has 0 amide bonds. The average Bonchev–Trinajstić information content (AvgIpc) is 2.64. The minimum absolute atomic E-state index is 0.109. The topological polar surface area (TPSA) is 32.5 Å². The first-order valence-electron chi connectivity index (χ1n) is 7.14. The highest BCUT2D eigenvalue weighted by molar-refractivity contribution is 9.10. The molecule has 1 aromatic carbocycles. The normalized spacial score (nSPS) is 44.3. The fraction of sp³-hybridized carbons (Fsp3) is 0.600. The molecule has 3 unspecified atom stereocenters. The van der Waals surface area contributed by atoms with Crippen molar-refractivity contribution in [2.24, 2.45) is 11.7 Å². The van der Waals surface area contributed by atoms with Gasteiger partial charge in [0.05, 0.1) is 0 Å². The van der Waals surface area contributed by atoms with Crippen LogP contribution in [0.25, 0.3) is 0 Å². The molecule has 4 bridgehead atoms. The Labute approximate surface area is 122 Å². The number of fused-ring (bicyclic) bond motifs is 1. The summed E-state index contributed by atoms with van der Waals surface area (Å²) < 4.78 is 1.22. The summed E-state index contributed by atoms with van der Waals surface area (Å²) in [7, 11) is 0. The molecule has 3 nitrogen and oxygen atoms in total. The van der Waals surface area contributed by atoms with Crippen LogP contribution in [0.2, 0.25) is 0 Å². The van der Waals surface area contributed by atoms with E-state index < -0.39 is 0 Å². The minimum atomic E-state index is 0.109. The molecule has 4 fully saturated rings. The highest BCUT2D eigenvalue weighted by atomic mass is 79.9. The lowest BCUT2D eigenvalue weighted by atomic mass is 9.65. The molecule has 102 valence electrons. The molecular formula is C15H20BrN3. The largest absolute Gasteiger partial charge is 0.326 e. The number of piperidine rings is 2. The fourth-order valence-corrected chi connectivity index (χ4v) is 5.11. The third kappa shape index (κ3) is 1.74. The van der Waals surface area contributed by atoms with Crippen LogP contribution in [0.15, 0.2) is 28.7 Å². The SMILES string of the molecule is NC1C2CN3CCN(C2)CC1(c1ccccc1Br)C3. The van der Waals surface area contributed by atoms with E-state index in [1.807, 2.05) is 0 Å². The third-order valence-electron chi connectivity index (χ3n) is 5.29. The van der Waals surface area contributed by atoms with E-state index in [0.717, 1.165) is 13.1 Å². The number of nitrogens with two attached hydrogens (primary N) is 1. The van der Waals surface area contributed by atoms with E-state index in [-0.39, 0.29) is 11.5 Å². The van der Waals surface area contributed by atoms with Crippen molar-refractivity contribution in [2.75, 3.05) is 39.3 Å². The van der Waals surface area contributed by atoms with Crippen molar-refractivity contribution < 1.29 is 0 Å². The van der Waals surface area contributed by atoms with Gasteiger partial charge in [-0.25, -0.2) is 0 Å². The second kappa shape index (κ2) is 4.29.